The van der Waals surface area contributed by atoms with Crippen molar-refractivity contribution in [3.05, 3.63) is 64.2 Å². The lowest BCUT2D eigenvalue weighted by atomic mass is 9.94. The molecular weight excluding hydrogens is 358 g/mol. The number of nitrogens with zero attached hydrogens (tertiary/aromatic N) is 3. The Balaban J connectivity index is 1.60. The third-order valence-corrected chi connectivity index (χ3v) is 5.19. The third kappa shape index (κ3) is 4.42. The summed E-state index contributed by atoms with van der Waals surface area (Å²) in [6.45, 7) is 1.79. The van der Waals surface area contributed by atoms with Gasteiger partial charge in [-0.25, -0.2) is 0 Å². The van der Waals surface area contributed by atoms with E-state index in [9.17, 15) is 14.9 Å². The van der Waals surface area contributed by atoms with Crippen molar-refractivity contribution in [2.24, 2.45) is 5.92 Å². The summed E-state index contributed by atoms with van der Waals surface area (Å²) in [5, 5.41) is 11.3. The first-order chi connectivity index (χ1) is 13.5. The van der Waals surface area contributed by atoms with E-state index in [4.69, 9.17) is 4.74 Å². The normalized spacial score (nSPS) is 14.6. The number of nitro groups is 1. The third-order valence-electron chi connectivity index (χ3n) is 5.19. The van der Waals surface area contributed by atoms with E-state index in [0.29, 0.717) is 38.2 Å². The largest absolute Gasteiger partial charge is 0.497 e. The number of nitro benzene ring substituents is 1. The number of piperidine rings is 1. The SMILES string of the molecule is COc1cccc(CN(C)C(=O)C2CCN(c3ccccc3[N+](=O)[O-])CC2)c1. The molecule has 28 heavy (non-hydrogen) atoms. The average Bonchev–Trinajstić information content (AvgIpc) is 2.73. The smallest absolute Gasteiger partial charge is 0.292 e. The van der Waals surface area contributed by atoms with E-state index >= 15 is 0 Å². The van der Waals surface area contributed by atoms with Crippen LogP contribution in [-0.4, -0.2) is 43.0 Å². The lowest BCUT2D eigenvalue weighted by Crippen LogP contribution is -2.41. The molecule has 0 unspecified atom stereocenters. The van der Waals surface area contributed by atoms with Gasteiger partial charge < -0.3 is 14.5 Å². The summed E-state index contributed by atoms with van der Waals surface area (Å²) < 4.78 is 5.24. The fraction of sp³-hybridized carbons (Fsp3) is 0.381. The first-order valence-corrected chi connectivity index (χ1v) is 9.36. The Labute approximate surface area is 164 Å². The molecule has 0 spiro atoms. The first kappa shape index (κ1) is 19.7. The molecule has 1 fully saturated rings. The zero-order chi connectivity index (χ0) is 20.1. The fourth-order valence-corrected chi connectivity index (χ4v) is 3.69. The van der Waals surface area contributed by atoms with Gasteiger partial charge in [-0.15, -0.1) is 0 Å². The highest BCUT2D eigenvalue weighted by atomic mass is 16.6. The monoisotopic (exact) mass is 383 g/mol. The molecule has 1 saturated heterocycles. The van der Waals surface area contributed by atoms with Crippen LogP contribution in [0.2, 0.25) is 0 Å². The van der Waals surface area contributed by atoms with Crippen LogP contribution in [0.4, 0.5) is 11.4 Å². The maximum absolute atomic E-state index is 12.8. The summed E-state index contributed by atoms with van der Waals surface area (Å²) in [6.07, 6.45) is 1.38. The van der Waals surface area contributed by atoms with Crippen LogP contribution in [0.15, 0.2) is 48.5 Å². The maximum atomic E-state index is 12.8. The highest BCUT2D eigenvalue weighted by molar-refractivity contribution is 5.79. The van der Waals surface area contributed by atoms with Crippen molar-refractivity contribution in [1.29, 1.82) is 0 Å². The second kappa shape index (κ2) is 8.73. The lowest BCUT2D eigenvalue weighted by molar-refractivity contribution is -0.384. The molecule has 0 N–H and O–H groups in total. The zero-order valence-electron chi connectivity index (χ0n) is 16.2. The van der Waals surface area contributed by atoms with Gasteiger partial charge in [0.15, 0.2) is 0 Å². The van der Waals surface area contributed by atoms with Crippen molar-refractivity contribution in [3.8, 4) is 5.75 Å². The fourth-order valence-electron chi connectivity index (χ4n) is 3.69. The van der Waals surface area contributed by atoms with Crippen LogP contribution >= 0.6 is 0 Å². The van der Waals surface area contributed by atoms with Gasteiger partial charge in [-0.05, 0) is 36.6 Å². The van der Waals surface area contributed by atoms with Crippen LogP contribution in [0.1, 0.15) is 18.4 Å². The molecule has 3 rings (SSSR count). The second-order valence-corrected chi connectivity index (χ2v) is 7.05. The molecule has 0 aliphatic carbocycles. The van der Waals surface area contributed by atoms with Gasteiger partial charge in [-0.2, -0.15) is 0 Å². The highest BCUT2D eigenvalue weighted by Crippen LogP contribution is 2.31. The minimum Gasteiger partial charge on any atom is -0.497 e. The number of carbonyl (C=O) groups excluding carboxylic acids is 1. The Bertz CT molecular complexity index is 847. The van der Waals surface area contributed by atoms with Gasteiger partial charge >= 0.3 is 0 Å². The standard InChI is InChI=1S/C21H25N3O4/c1-22(15-16-6-5-7-18(14-16)28-2)21(25)17-10-12-23(13-11-17)19-8-3-4-9-20(19)24(26)27/h3-9,14,17H,10-13,15H2,1-2H3. The van der Waals surface area contributed by atoms with Crippen molar-refractivity contribution in [1.82, 2.24) is 4.90 Å². The van der Waals surface area contributed by atoms with Crippen LogP contribution in [0.25, 0.3) is 0 Å². The highest BCUT2D eigenvalue weighted by Gasteiger charge is 2.29. The van der Waals surface area contributed by atoms with E-state index in [0.717, 1.165) is 11.3 Å². The van der Waals surface area contributed by atoms with Gasteiger partial charge in [-0.1, -0.05) is 24.3 Å². The molecule has 1 aliphatic heterocycles. The summed E-state index contributed by atoms with van der Waals surface area (Å²) in [6, 6.07) is 14.5. The van der Waals surface area contributed by atoms with Gasteiger partial charge in [0.1, 0.15) is 11.4 Å². The molecule has 0 atom stereocenters. The zero-order valence-corrected chi connectivity index (χ0v) is 16.2. The molecule has 1 heterocycles. The van der Waals surface area contributed by atoms with Crippen molar-refractivity contribution >= 4 is 17.3 Å². The van der Waals surface area contributed by atoms with E-state index in [1.54, 1.807) is 24.1 Å². The number of hydrogen-bond acceptors (Lipinski definition) is 5. The number of amides is 1. The average molecular weight is 383 g/mol. The molecule has 7 heteroatoms. The van der Waals surface area contributed by atoms with Crippen LogP contribution in [0, 0.1) is 16.0 Å². The molecule has 1 amide bonds. The number of para-hydroxylation sites is 2. The minimum atomic E-state index is -0.353. The van der Waals surface area contributed by atoms with E-state index in [-0.39, 0.29) is 22.4 Å². The molecule has 7 nitrogen and oxygen atoms in total. The Morgan fingerprint density at radius 1 is 1.21 bits per heavy atom. The summed E-state index contributed by atoms with van der Waals surface area (Å²) in [4.78, 5) is 27.5. The number of carbonyl (C=O) groups is 1. The molecule has 0 saturated carbocycles. The molecule has 0 radical (unpaired) electrons. The topological polar surface area (TPSA) is 75.9 Å². The van der Waals surface area contributed by atoms with Gasteiger partial charge in [0.25, 0.3) is 5.69 Å². The second-order valence-electron chi connectivity index (χ2n) is 7.05. The number of anilines is 1. The molecule has 2 aromatic carbocycles. The predicted octanol–water partition coefficient (Wildman–Crippen LogP) is 3.48. The van der Waals surface area contributed by atoms with Crippen molar-refractivity contribution < 1.29 is 14.5 Å². The van der Waals surface area contributed by atoms with E-state index in [2.05, 4.69) is 0 Å². The Kier molecular flexibility index (Phi) is 6.13. The Morgan fingerprint density at radius 2 is 1.93 bits per heavy atom. The van der Waals surface area contributed by atoms with Crippen molar-refractivity contribution in [2.75, 3.05) is 32.1 Å². The maximum Gasteiger partial charge on any atom is 0.292 e. The lowest BCUT2D eigenvalue weighted by Gasteiger charge is -2.34. The van der Waals surface area contributed by atoms with E-state index < -0.39 is 0 Å². The first-order valence-electron chi connectivity index (χ1n) is 9.36. The van der Waals surface area contributed by atoms with Gasteiger partial charge in [0, 0.05) is 38.7 Å². The van der Waals surface area contributed by atoms with Crippen molar-refractivity contribution in [3.63, 3.8) is 0 Å². The minimum absolute atomic E-state index is 0.0605. The summed E-state index contributed by atoms with van der Waals surface area (Å²) in [5.41, 5.74) is 1.76. The number of rotatable bonds is 6. The predicted molar refractivity (Wildman–Crippen MR) is 108 cm³/mol. The Morgan fingerprint density at radius 3 is 2.61 bits per heavy atom. The van der Waals surface area contributed by atoms with E-state index in [1.807, 2.05) is 42.3 Å². The molecular formula is C21H25N3O4. The van der Waals surface area contributed by atoms with Crippen LogP contribution in [0.5, 0.6) is 5.75 Å². The molecule has 0 bridgehead atoms. The van der Waals surface area contributed by atoms with Crippen molar-refractivity contribution in [2.45, 2.75) is 19.4 Å². The van der Waals surface area contributed by atoms with Crippen LogP contribution in [0.3, 0.4) is 0 Å². The van der Waals surface area contributed by atoms with E-state index in [1.165, 1.54) is 6.07 Å². The molecule has 1 aliphatic rings. The summed E-state index contributed by atoms with van der Waals surface area (Å²) >= 11 is 0. The molecule has 0 aromatic heterocycles. The van der Waals surface area contributed by atoms with Crippen LogP contribution in [-0.2, 0) is 11.3 Å². The Hall–Kier alpha value is -3.09. The quantitative estimate of drug-likeness (QED) is 0.564. The summed E-state index contributed by atoms with van der Waals surface area (Å²) in [5.74, 6) is 0.829. The number of hydrogen-bond donors (Lipinski definition) is 0. The van der Waals surface area contributed by atoms with Gasteiger partial charge in [0.2, 0.25) is 5.91 Å². The number of ether oxygens (including phenoxy) is 1. The molecule has 148 valence electrons. The van der Waals surface area contributed by atoms with Gasteiger partial charge in [-0.3, -0.25) is 14.9 Å². The number of benzene rings is 2. The van der Waals surface area contributed by atoms with Gasteiger partial charge in [0.05, 0.1) is 12.0 Å². The number of methoxy groups -OCH3 is 1. The summed E-state index contributed by atoms with van der Waals surface area (Å²) in [7, 11) is 3.44. The van der Waals surface area contributed by atoms with Crippen LogP contribution < -0.4 is 9.64 Å². The molecule has 2 aromatic rings.